The number of benzene rings is 2. The first-order valence-corrected chi connectivity index (χ1v) is 8.07. The number of aryl methyl sites for hydroxylation is 2. The van der Waals surface area contributed by atoms with Gasteiger partial charge in [-0.25, -0.2) is 10.2 Å². The molecule has 2 amide bonds. The number of carbonyl (C=O) groups excluding carboxylic acids is 1. The largest absolute Gasteiger partial charge is 0.493 e. The van der Waals surface area contributed by atoms with Crippen LogP contribution in [0.25, 0.3) is 0 Å². The van der Waals surface area contributed by atoms with Crippen molar-refractivity contribution in [1.82, 2.24) is 5.43 Å². The van der Waals surface area contributed by atoms with Crippen LogP contribution in [0.2, 0.25) is 0 Å². The Morgan fingerprint density at radius 1 is 1.08 bits per heavy atom. The van der Waals surface area contributed by atoms with Gasteiger partial charge in [-0.05, 0) is 37.1 Å². The van der Waals surface area contributed by atoms with E-state index in [9.17, 15) is 4.79 Å². The molecule has 0 aliphatic heterocycles. The third kappa shape index (κ3) is 5.84. The minimum Gasteiger partial charge on any atom is -0.493 e. The summed E-state index contributed by atoms with van der Waals surface area (Å²) in [4.78, 5) is 10.6. The third-order valence-corrected chi connectivity index (χ3v) is 3.50. The first kappa shape index (κ1) is 18.3. The zero-order chi connectivity index (χ0) is 18.1. The van der Waals surface area contributed by atoms with Gasteiger partial charge in [0.2, 0.25) is 0 Å². The van der Waals surface area contributed by atoms with Crippen molar-refractivity contribution in [3.63, 3.8) is 0 Å². The summed E-state index contributed by atoms with van der Waals surface area (Å²) in [6.07, 6.45) is 2.24. The summed E-state index contributed by atoms with van der Waals surface area (Å²) in [7, 11) is 0. The topological polar surface area (TPSA) is 85.9 Å². The van der Waals surface area contributed by atoms with E-state index < -0.39 is 6.03 Å². The molecule has 2 aromatic carbocycles. The molecule has 6 heteroatoms. The summed E-state index contributed by atoms with van der Waals surface area (Å²) in [5, 5.41) is 3.75. The molecule has 0 fully saturated rings. The van der Waals surface area contributed by atoms with Crippen molar-refractivity contribution in [2.24, 2.45) is 10.8 Å². The number of hydrogen-bond acceptors (Lipinski definition) is 4. The van der Waals surface area contributed by atoms with Crippen molar-refractivity contribution < 1.29 is 14.3 Å². The molecule has 6 nitrogen and oxygen atoms in total. The summed E-state index contributed by atoms with van der Waals surface area (Å²) in [6, 6.07) is 12.8. The zero-order valence-corrected chi connectivity index (χ0v) is 14.5. The van der Waals surface area contributed by atoms with Crippen LogP contribution in [0.4, 0.5) is 4.79 Å². The van der Waals surface area contributed by atoms with E-state index in [2.05, 4.69) is 10.5 Å². The number of nitrogens with two attached hydrogens (primary N) is 1. The maximum absolute atomic E-state index is 10.6. The Kier molecular flexibility index (Phi) is 6.83. The summed E-state index contributed by atoms with van der Waals surface area (Å²) in [6.45, 7) is 5.16. The minimum atomic E-state index is -0.710. The molecule has 0 atom stereocenters. The minimum absolute atomic E-state index is 0.513. The van der Waals surface area contributed by atoms with Gasteiger partial charge in [0, 0.05) is 12.0 Å². The van der Waals surface area contributed by atoms with E-state index in [4.69, 9.17) is 15.2 Å². The van der Waals surface area contributed by atoms with E-state index in [1.54, 1.807) is 0 Å². The smallest absolute Gasteiger partial charge is 0.332 e. The summed E-state index contributed by atoms with van der Waals surface area (Å²) >= 11 is 0. The normalized spacial score (nSPS) is 10.6. The van der Waals surface area contributed by atoms with Gasteiger partial charge in [0.1, 0.15) is 11.5 Å². The number of para-hydroxylation sites is 2. The average molecular weight is 341 g/mol. The third-order valence-electron chi connectivity index (χ3n) is 3.50. The second-order valence-corrected chi connectivity index (χ2v) is 5.54. The van der Waals surface area contributed by atoms with E-state index in [1.807, 2.05) is 56.3 Å². The Labute approximate surface area is 147 Å². The molecule has 0 bridgehead atoms. The van der Waals surface area contributed by atoms with Crippen molar-refractivity contribution in [2.45, 2.75) is 20.3 Å². The van der Waals surface area contributed by atoms with Gasteiger partial charge in [-0.15, -0.1) is 0 Å². The molecule has 0 unspecified atom stereocenters. The second-order valence-electron chi connectivity index (χ2n) is 5.54. The molecule has 0 heterocycles. The van der Waals surface area contributed by atoms with Crippen LogP contribution in [-0.4, -0.2) is 25.5 Å². The Morgan fingerprint density at radius 3 is 2.48 bits per heavy atom. The number of rotatable bonds is 8. The van der Waals surface area contributed by atoms with Crippen LogP contribution in [0, 0.1) is 13.8 Å². The zero-order valence-electron chi connectivity index (χ0n) is 14.5. The van der Waals surface area contributed by atoms with Crippen LogP contribution in [-0.2, 0) is 0 Å². The highest BCUT2D eigenvalue weighted by Gasteiger charge is 2.04. The van der Waals surface area contributed by atoms with Gasteiger partial charge in [-0.1, -0.05) is 30.3 Å². The molecule has 25 heavy (non-hydrogen) atoms. The Morgan fingerprint density at radius 2 is 1.76 bits per heavy atom. The molecule has 0 saturated carbocycles. The quantitative estimate of drug-likeness (QED) is 0.439. The number of nitrogens with zero attached hydrogens (tertiary/aromatic N) is 1. The predicted octanol–water partition coefficient (Wildman–Crippen LogP) is 3.15. The highest BCUT2D eigenvalue weighted by atomic mass is 16.5. The second kappa shape index (κ2) is 9.32. The Bertz CT molecular complexity index is 724. The van der Waals surface area contributed by atoms with Crippen molar-refractivity contribution >= 4 is 12.2 Å². The van der Waals surface area contributed by atoms with Gasteiger partial charge in [-0.2, -0.15) is 5.10 Å². The van der Waals surface area contributed by atoms with Gasteiger partial charge in [0.05, 0.1) is 19.4 Å². The molecule has 0 aliphatic carbocycles. The summed E-state index contributed by atoms with van der Waals surface area (Å²) < 4.78 is 11.6. The van der Waals surface area contributed by atoms with E-state index in [-0.39, 0.29) is 0 Å². The number of urea groups is 1. The van der Waals surface area contributed by atoms with Crippen LogP contribution in [0.15, 0.2) is 47.6 Å². The number of nitrogens with one attached hydrogen (secondary N) is 1. The molecule has 132 valence electrons. The first-order chi connectivity index (χ1) is 12.1. The molecule has 0 aliphatic rings. The van der Waals surface area contributed by atoms with E-state index >= 15 is 0 Å². The van der Waals surface area contributed by atoms with Crippen molar-refractivity contribution in [1.29, 1.82) is 0 Å². The standard InChI is InChI=1S/C19H23N3O3/c1-14-7-5-8-15(2)18(14)25-12-6-11-24-17-10-4-3-9-16(17)13-21-22-19(20)23/h3-5,7-10,13H,6,11-12H2,1-2H3,(H3,20,22,23). The number of amides is 2. The number of carbonyl (C=O) groups is 1. The van der Waals surface area contributed by atoms with E-state index in [1.165, 1.54) is 6.21 Å². The van der Waals surface area contributed by atoms with E-state index in [0.29, 0.717) is 19.0 Å². The Hall–Kier alpha value is -3.02. The molecule has 0 radical (unpaired) electrons. The highest BCUT2D eigenvalue weighted by Crippen LogP contribution is 2.22. The lowest BCUT2D eigenvalue weighted by Gasteiger charge is -2.13. The SMILES string of the molecule is Cc1cccc(C)c1OCCCOc1ccccc1C=NNC(N)=O. The predicted molar refractivity (Wildman–Crippen MR) is 98.3 cm³/mol. The maximum atomic E-state index is 10.6. The molecule has 0 aromatic heterocycles. The van der Waals surface area contributed by atoms with Crippen LogP contribution >= 0.6 is 0 Å². The molecular weight excluding hydrogens is 318 g/mol. The van der Waals surface area contributed by atoms with Crippen LogP contribution < -0.4 is 20.6 Å². The van der Waals surface area contributed by atoms with Crippen LogP contribution in [0.5, 0.6) is 11.5 Å². The van der Waals surface area contributed by atoms with Crippen molar-refractivity contribution in [2.75, 3.05) is 13.2 Å². The lowest BCUT2D eigenvalue weighted by molar-refractivity contribution is 0.245. The number of hydrogen-bond donors (Lipinski definition) is 2. The van der Waals surface area contributed by atoms with Gasteiger partial charge in [0.25, 0.3) is 0 Å². The molecule has 2 rings (SSSR count). The van der Waals surface area contributed by atoms with Gasteiger partial charge in [0.15, 0.2) is 0 Å². The summed E-state index contributed by atoms with van der Waals surface area (Å²) in [5.74, 6) is 1.62. The number of ether oxygens (including phenoxy) is 2. The number of hydrazone groups is 1. The Balaban J connectivity index is 1.82. The fourth-order valence-corrected chi connectivity index (χ4v) is 2.33. The van der Waals surface area contributed by atoms with Crippen molar-refractivity contribution in [3.05, 3.63) is 59.2 Å². The summed E-state index contributed by atoms with van der Waals surface area (Å²) in [5.41, 5.74) is 10.1. The average Bonchev–Trinajstić information content (AvgIpc) is 2.58. The number of primary amides is 1. The maximum Gasteiger partial charge on any atom is 0.332 e. The van der Waals surface area contributed by atoms with Gasteiger partial charge >= 0.3 is 6.03 Å². The van der Waals surface area contributed by atoms with E-state index in [0.717, 1.165) is 28.9 Å². The van der Waals surface area contributed by atoms with Gasteiger partial charge in [-0.3, -0.25) is 0 Å². The highest BCUT2D eigenvalue weighted by molar-refractivity contribution is 5.84. The molecule has 3 N–H and O–H groups in total. The lowest BCUT2D eigenvalue weighted by atomic mass is 10.1. The van der Waals surface area contributed by atoms with Gasteiger partial charge < -0.3 is 15.2 Å². The molecule has 0 saturated heterocycles. The van der Waals surface area contributed by atoms with Crippen LogP contribution in [0.3, 0.4) is 0 Å². The lowest BCUT2D eigenvalue weighted by Crippen LogP contribution is -2.24. The molecule has 2 aromatic rings. The van der Waals surface area contributed by atoms with Crippen molar-refractivity contribution in [3.8, 4) is 11.5 Å². The molecule has 0 spiro atoms. The fourth-order valence-electron chi connectivity index (χ4n) is 2.33. The molecular formula is C19H23N3O3. The van der Waals surface area contributed by atoms with Crippen LogP contribution in [0.1, 0.15) is 23.1 Å². The first-order valence-electron chi connectivity index (χ1n) is 8.07. The monoisotopic (exact) mass is 341 g/mol. The fraction of sp³-hybridized carbons (Fsp3) is 0.263.